The molecule has 1 heterocycles. The fourth-order valence-electron chi connectivity index (χ4n) is 2.20. The van der Waals surface area contributed by atoms with Gasteiger partial charge in [-0.25, -0.2) is 4.98 Å². The summed E-state index contributed by atoms with van der Waals surface area (Å²) in [6.45, 7) is 2.10. The Labute approximate surface area is 107 Å². The second-order valence-corrected chi connectivity index (χ2v) is 4.96. The van der Waals surface area contributed by atoms with Gasteiger partial charge in [-0.05, 0) is 36.8 Å². The molecule has 0 amide bonds. The van der Waals surface area contributed by atoms with Crippen molar-refractivity contribution >= 4 is 27.5 Å². The van der Waals surface area contributed by atoms with Gasteiger partial charge in [0.05, 0.1) is 11.0 Å². The number of fused-ring (bicyclic) bond motifs is 2. The number of rotatable bonds is 1. The Morgan fingerprint density at radius 1 is 0.833 bits per heavy atom. The molecule has 0 aliphatic heterocycles. The van der Waals surface area contributed by atoms with Crippen LogP contribution in [0.1, 0.15) is 5.56 Å². The van der Waals surface area contributed by atoms with Crippen molar-refractivity contribution < 1.29 is 0 Å². The van der Waals surface area contributed by atoms with Crippen molar-refractivity contribution in [3.05, 3.63) is 48.0 Å². The van der Waals surface area contributed by atoms with E-state index >= 15 is 0 Å². The smallest absolute Gasteiger partial charge is 0.0730 e. The molecule has 0 spiro atoms. The Morgan fingerprint density at radius 2 is 1.50 bits per heavy atom. The van der Waals surface area contributed by atoms with Crippen LogP contribution in [-0.4, -0.2) is 19.1 Å². The molecule has 0 aliphatic rings. The maximum Gasteiger partial charge on any atom is 0.0730 e. The van der Waals surface area contributed by atoms with Crippen molar-refractivity contribution in [3.8, 4) is 0 Å². The van der Waals surface area contributed by atoms with E-state index in [1.807, 2.05) is 14.1 Å². The molecule has 0 saturated heterocycles. The van der Waals surface area contributed by atoms with Crippen LogP contribution in [0.2, 0.25) is 0 Å². The second-order valence-electron chi connectivity index (χ2n) is 4.96. The molecule has 18 heavy (non-hydrogen) atoms. The van der Waals surface area contributed by atoms with Crippen LogP contribution < -0.4 is 4.90 Å². The van der Waals surface area contributed by atoms with Gasteiger partial charge in [0, 0.05) is 30.6 Å². The number of hydrogen-bond donors (Lipinski definition) is 0. The van der Waals surface area contributed by atoms with Crippen LogP contribution in [-0.2, 0) is 0 Å². The predicted molar refractivity (Wildman–Crippen MR) is 78.3 cm³/mol. The number of pyridine rings is 1. The molecule has 0 atom stereocenters. The Morgan fingerprint density at radius 3 is 2.22 bits per heavy atom. The molecule has 3 rings (SSSR count). The summed E-state index contributed by atoms with van der Waals surface area (Å²) >= 11 is 0. The van der Waals surface area contributed by atoms with E-state index in [2.05, 4.69) is 54.3 Å². The van der Waals surface area contributed by atoms with Gasteiger partial charge in [-0.3, -0.25) is 0 Å². The van der Waals surface area contributed by atoms with Crippen LogP contribution in [0.15, 0.2) is 42.5 Å². The van der Waals surface area contributed by atoms with Crippen LogP contribution in [0, 0.1) is 6.92 Å². The van der Waals surface area contributed by atoms with E-state index in [4.69, 9.17) is 4.98 Å². The number of hydrogen-bond acceptors (Lipinski definition) is 2. The van der Waals surface area contributed by atoms with Crippen LogP contribution in [0.25, 0.3) is 21.8 Å². The minimum Gasteiger partial charge on any atom is -0.378 e. The van der Waals surface area contributed by atoms with Gasteiger partial charge < -0.3 is 4.90 Å². The lowest BCUT2D eigenvalue weighted by Gasteiger charge is -2.13. The number of aryl methyl sites for hydroxylation is 1. The first-order valence-electron chi connectivity index (χ1n) is 6.12. The highest BCUT2D eigenvalue weighted by Crippen LogP contribution is 2.24. The lowest BCUT2D eigenvalue weighted by Crippen LogP contribution is -2.08. The fourth-order valence-corrected chi connectivity index (χ4v) is 2.20. The molecule has 3 aromatic rings. The first-order chi connectivity index (χ1) is 8.63. The first kappa shape index (κ1) is 11.0. The van der Waals surface area contributed by atoms with Crippen LogP contribution in [0.4, 0.5) is 5.69 Å². The van der Waals surface area contributed by atoms with Gasteiger partial charge in [0.25, 0.3) is 0 Å². The molecule has 0 N–H and O–H groups in total. The third-order valence-electron chi connectivity index (χ3n) is 3.27. The second kappa shape index (κ2) is 3.98. The summed E-state index contributed by atoms with van der Waals surface area (Å²) < 4.78 is 0. The van der Waals surface area contributed by atoms with Crippen molar-refractivity contribution in [3.63, 3.8) is 0 Å². The molecule has 0 unspecified atom stereocenters. The molecule has 0 saturated carbocycles. The molecule has 90 valence electrons. The first-order valence-corrected chi connectivity index (χ1v) is 6.12. The molecule has 2 heteroatoms. The van der Waals surface area contributed by atoms with Crippen molar-refractivity contribution in [1.29, 1.82) is 0 Å². The molecule has 2 nitrogen and oxygen atoms in total. The lowest BCUT2D eigenvalue weighted by atomic mass is 10.1. The summed E-state index contributed by atoms with van der Waals surface area (Å²) in [4.78, 5) is 6.85. The highest BCUT2D eigenvalue weighted by Gasteiger charge is 2.02. The van der Waals surface area contributed by atoms with E-state index in [0.29, 0.717) is 0 Å². The van der Waals surface area contributed by atoms with Gasteiger partial charge in [-0.15, -0.1) is 0 Å². The quantitative estimate of drug-likeness (QED) is 0.598. The minimum absolute atomic E-state index is 1.05. The summed E-state index contributed by atoms with van der Waals surface area (Å²) in [5.74, 6) is 0. The molecule has 0 fully saturated rings. The summed E-state index contributed by atoms with van der Waals surface area (Å²) in [5, 5.41) is 2.39. The Bertz CT molecular complexity index is 730. The average molecular weight is 236 g/mol. The molecule has 1 aromatic heterocycles. The standard InChI is InChI=1S/C16H16N2/c1-11-4-5-12-9-13-6-7-14(18(2)3)10-16(13)17-15(12)8-11/h4-10H,1-3H3. The normalized spacial score (nSPS) is 11.1. The van der Waals surface area contributed by atoms with E-state index in [1.54, 1.807) is 0 Å². The van der Waals surface area contributed by atoms with E-state index < -0.39 is 0 Å². The Kier molecular flexibility index (Phi) is 2.44. The topological polar surface area (TPSA) is 16.1 Å². The van der Waals surface area contributed by atoms with Crippen molar-refractivity contribution in [2.75, 3.05) is 19.0 Å². The van der Waals surface area contributed by atoms with E-state index in [9.17, 15) is 0 Å². The maximum atomic E-state index is 4.75. The number of benzene rings is 2. The SMILES string of the molecule is Cc1ccc2cc3ccc(N(C)C)cc3nc2c1. The Balaban J connectivity index is 2.31. The number of aromatic nitrogens is 1. The zero-order valence-electron chi connectivity index (χ0n) is 10.9. The molecule has 0 aliphatic carbocycles. The van der Waals surface area contributed by atoms with Crippen LogP contribution >= 0.6 is 0 Å². The molecule has 0 radical (unpaired) electrons. The van der Waals surface area contributed by atoms with Crippen LogP contribution in [0.5, 0.6) is 0 Å². The summed E-state index contributed by atoms with van der Waals surface area (Å²) in [7, 11) is 4.10. The van der Waals surface area contributed by atoms with E-state index in [-0.39, 0.29) is 0 Å². The van der Waals surface area contributed by atoms with Gasteiger partial charge in [0.15, 0.2) is 0 Å². The predicted octanol–water partition coefficient (Wildman–Crippen LogP) is 3.76. The van der Waals surface area contributed by atoms with E-state index in [1.165, 1.54) is 22.0 Å². The zero-order chi connectivity index (χ0) is 12.7. The highest BCUT2D eigenvalue weighted by atomic mass is 15.1. The number of nitrogens with zero attached hydrogens (tertiary/aromatic N) is 2. The van der Waals surface area contributed by atoms with Gasteiger partial charge in [-0.2, -0.15) is 0 Å². The largest absolute Gasteiger partial charge is 0.378 e. The van der Waals surface area contributed by atoms with Crippen molar-refractivity contribution in [1.82, 2.24) is 4.98 Å². The van der Waals surface area contributed by atoms with Crippen LogP contribution in [0.3, 0.4) is 0 Å². The van der Waals surface area contributed by atoms with Crippen molar-refractivity contribution in [2.24, 2.45) is 0 Å². The lowest BCUT2D eigenvalue weighted by molar-refractivity contribution is 1.13. The van der Waals surface area contributed by atoms with Gasteiger partial charge in [0.1, 0.15) is 0 Å². The molecule has 0 bridgehead atoms. The van der Waals surface area contributed by atoms with Crippen molar-refractivity contribution in [2.45, 2.75) is 6.92 Å². The Hall–Kier alpha value is -2.09. The highest BCUT2D eigenvalue weighted by molar-refractivity contribution is 5.94. The molecular formula is C16H16N2. The maximum absolute atomic E-state index is 4.75. The van der Waals surface area contributed by atoms with Gasteiger partial charge in [-0.1, -0.05) is 18.2 Å². The number of anilines is 1. The summed E-state index contributed by atoms with van der Waals surface area (Å²) in [5.41, 5.74) is 4.55. The minimum atomic E-state index is 1.05. The summed E-state index contributed by atoms with van der Waals surface area (Å²) in [6.07, 6.45) is 0. The monoisotopic (exact) mass is 236 g/mol. The van der Waals surface area contributed by atoms with Gasteiger partial charge in [0.2, 0.25) is 0 Å². The zero-order valence-corrected chi connectivity index (χ0v) is 10.9. The van der Waals surface area contributed by atoms with Gasteiger partial charge >= 0.3 is 0 Å². The third-order valence-corrected chi connectivity index (χ3v) is 3.27. The molecular weight excluding hydrogens is 220 g/mol. The van der Waals surface area contributed by atoms with E-state index in [0.717, 1.165) is 11.0 Å². The average Bonchev–Trinajstić information content (AvgIpc) is 2.35. The third kappa shape index (κ3) is 1.80. The molecule has 2 aromatic carbocycles. The summed E-state index contributed by atoms with van der Waals surface area (Å²) in [6, 6.07) is 15.0. The fraction of sp³-hybridized carbons (Fsp3) is 0.188.